The van der Waals surface area contributed by atoms with Crippen molar-refractivity contribution in [1.29, 1.82) is 0 Å². The molecule has 0 aliphatic heterocycles. The average Bonchev–Trinajstić information content (AvgIpc) is 2.79. The predicted molar refractivity (Wildman–Crippen MR) is 131 cm³/mol. The zero-order valence-corrected chi connectivity index (χ0v) is 20.0. The van der Waals surface area contributed by atoms with Crippen LogP contribution in [0.15, 0.2) is 105 Å². The van der Waals surface area contributed by atoms with Gasteiger partial charge in [0.15, 0.2) is 0 Å². The average molecular weight is 556 g/mol. The third-order valence-electron chi connectivity index (χ3n) is 4.89. The third-order valence-corrected chi connectivity index (χ3v) is 6.00. The Kier molecular flexibility index (Phi) is 7.22. The van der Waals surface area contributed by atoms with Crippen molar-refractivity contribution >= 4 is 37.6 Å². The molecule has 3 aromatic carbocycles. The molecule has 0 saturated carbocycles. The summed E-state index contributed by atoms with van der Waals surface area (Å²) in [5.41, 5.74) is 3.85. The minimum atomic E-state index is -0.615. The summed E-state index contributed by atoms with van der Waals surface area (Å²) in [6.45, 7) is 0. The second-order valence-electron chi connectivity index (χ2n) is 7.21. The first-order valence-electron chi connectivity index (χ1n) is 9.95. The molecule has 1 aromatic heterocycles. The second kappa shape index (κ2) is 10.3. The number of halogens is 4. The summed E-state index contributed by atoms with van der Waals surface area (Å²) >= 11 is 7.00. The normalized spacial score (nSPS) is 11.8. The molecule has 0 N–H and O–H groups in total. The van der Waals surface area contributed by atoms with Gasteiger partial charge >= 0.3 is 0 Å². The van der Waals surface area contributed by atoms with Gasteiger partial charge in [0.1, 0.15) is 16.2 Å². The quantitative estimate of drug-likeness (QED) is 0.177. The monoisotopic (exact) mass is 554 g/mol. The highest BCUT2D eigenvalue weighted by atomic mass is 79.9. The molecular weight excluding hydrogens is 538 g/mol. The lowest BCUT2D eigenvalue weighted by Crippen LogP contribution is -2.11. The van der Waals surface area contributed by atoms with Crippen LogP contribution in [0.4, 0.5) is 8.78 Å². The van der Waals surface area contributed by atoms with E-state index >= 15 is 0 Å². The first kappa shape index (κ1) is 22.5. The number of aliphatic imine (C=N–C) groups is 1. The van der Waals surface area contributed by atoms with Crippen molar-refractivity contribution in [3.8, 4) is 0 Å². The van der Waals surface area contributed by atoms with Crippen LogP contribution in [0.3, 0.4) is 0 Å². The van der Waals surface area contributed by atoms with Crippen LogP contribution < -0.4 is 0 Å². The van der Waals surface area contributed by atoms with E-state index in [1.165, 1.54) is 12.1 Å². The Morgan fingerprint density at radius 3 is 1.91 bits per heavy atom. The highest BCUT2D eigenvalue weighted by molar-refractivity contribution is 9.11. The van der Waals surface area contributed by atoms with Gasteiger partial charge in [-0.05, 0) is 61.7 Å². The molecule has 32 heavy (non-hydrogen) atoms. The fourth-order valence-electron chi connectivity index (χ4n) is 3.49. The molecule has 0 fully saturated rings. The minimum absolute atomic E-state index is 0.278. The van der Waals surface area contributed by atoms with Crippen LogP contribution in [0, 0.1) is 11.6 Å². The number of hydrogen-bond donors (Lipinski definition) is 0. The largest absolute Gasteiger partial charge is 0.274 e. The molecule has 0 saturated heterocycles. The predicted octanol–water partition coefficient (Wildman–Crippen LogP) is 7.71. The summed E-state index contributed by atoms with van der Waals surface area (Å²) in [7, 11) is 0. The number of rotatable bonds is 6. The molecule has 160 valence electrons. The molecule has 4 aromatic rings. The van der Waals surface area contributed by atoms with E-state index in [2.05, 4.69) is 36.8 Å². The molecule has 0 aliphatic carbocycles. The van der Waals surface area contributed by atoms with E-state index in [0.717, 1.165) is 27.4 Å². The summed E-state index contributed by atoms with van der Waals surface area (Å²) in [5.74, 6) is -1.23. The topological polar surface area (TPSA) is 25.2 Å². The van der Waals surface area contributed by atoms with Gasteiger partial charge in [-0.25, -0.2) is 13.8 Å². The summed E-state index contributed by atoms with van der Waals surface area (Å²) in [6.07, 6.45) is 0.278. The van der Waals surface area contributed by atoms with E-state index in [-0.39, 0.29) is 6.42 Å². The van der Waals surface area contributed by atoms with E-state index in [1.807, 2.05) is 72.8 Å². The lowest BCUT2D eigenvalue weighted by Gasteiger charge is -2.18. The zero-order valence-electron chi connectivity index (χ0n) is 16.9. The number of aromatic nitrogens is 1. The molecule has 4 rings (SSSR count). The Morgan fingerprint density at radius 1 is 0.781 bits per heavy atom. The van der Waals surface area contributed by atoms with Gasteiger partial charge in [-0.2, -0.15) is 0 Å². The Hall–Kier alpha value is -2.70. The Balaban J connectivity index is 1.88. The molecular formula is C26H18Br2F2N2. The summed E-state index contributed by atoms with van der Waals surface area (Å²) in [5, 5.41) is 0. The molecule has 0 radical (unpaired) electrons. The number of hydrogen-bond acceptors (Lipinski definition) is 2. The van der Waals surface area contributed by atoms with E-state index < -0.39 is 17.7 Å². The maximum absolute atomic E-state index is 13.9. The summed E-state index contributed by atoms with van der Waals surface area (Å²) in [4.78, 5) is 9.73. The van der Waals surface area contributed by atoms with Crippen molar-refractivity contribution in [2.45, 2.75) is 12.5 Å². The number of nitrogens with zero attached hydrogens (tertiary/aromatic N) is 2. The van der Waals surface area contributed by atoms with Crippen LogP contribution in [-0.2, 0) is 6.42 Å². The molecule has 0 amide bonds. The van der Waals surface area contributed by atoms with Crippen molar-refractivity contribution in [3.05, 3.63) is 134 Å². The van der Waals surface area contributed by atoms with Crippen molar-refractivity contribution in [2.24, 2.45) is 4.99 Å². The minimum Gasteiger partial charge on any atom is -0.274 e. The van der Waals surface area contributed by atoms with Crippen LogP contribution in [0.5, 0.6) is 0 Å². The molecule has 2 nitrogen and oxygen atoms in total. The van der Waals surface area contributed by atoms with E-state index in [1.54, 1.807) is 0 Å². The molecule has 1 atom stereocenters. The summed E-state index contributed by atoms with van der Waals surface area (Å²) in [6, 6.07) is 26.5. The van der Waals surface area contributed by atoms with Crippen molar-refractivity contribution in [3.63, 3.8) is 0 Å². The van der Waals surface area contributed by atoms with Gasteiger partial charge in [-0.1, -0.05) is 60.7 Å². The molecule has 1 heterocycles. The van der Waals surface area contributed by atoms with Gasteiger partial charge in [-0.15, -0.1) is 0 Å². The third kappa shape index (κ3) is 5.56. The van der Waals surface area contributed by atoms with Gasteiger partial charge in [0.2, 0.25) is 0 Å². The van der Waals surface area contributed by atoms with E-state index in [4.69, 9.17) is 4.99 Å². The Morgan fingerprint density at radius 2 is 1.34 bits per heavy atom. The molecule has 0 bridgehead atoms. The highest BCUT2D eigenvalue weighted by Gasteiger charge is 2.20. The maximum Gasteiger partial charge on any atom is 0.126 e. The van der Waals surface area contributed by atoms with Crippen LogP contribution in [0.1, 0.15) is 28.4 Å². The molecule has 1 unspecified atom stereocenters. The highest BCUT2D eigenvalue weighted by Crippen LogP contribution is 2.31. The molecule has 0 spiro atoms. The van der Waals surface area contributed by atoms with Gasteiger partial charge in [0.05, 0.1) is 17.4 Å². The number of pyridine rings is 1. The Labute approximate surface area is 202 Å². The van der Waals surface area contributed by atoms with Crippen LogP contribution in [-0.4, -0.2) is 10.7 Å². The fourth-order valence-corrected chi connectivity index (χ4v) is 4.29. The van der Waals surface area contributed by atoms with Crippen LogP contribution in [0.2, 0.25) is 0 Å². The maximum atomic E-state index is 13.9. The van der Waals surface area contributed by atoms with Crippen LogP contribution >= 0.6 is 31.9 Å². The molecule has 0 aliphatic rings. The zero-order chi connectivity index (χ0) is 22.5. The van der Waals surface area contributed by atoms with E-state index in [9.17, 15) is 8.78 Å². The Bertz CT molecular complexity index is 1180. The molecule has 6 heteroatoms. The summed E-state index contributed by atoms with van der Waals surface area (Å²) < 4.78 is 29.2. The van der Waals surface area contributed by atoms with Crippen molar-refractivity contribution in [2.75, 3.05) is 0 Å². The van der Waals surface area contributed by atoms with Gasteiger partial charge < -0.3 is 0 Å². The number of benzene rings is 3. The SMILES string of the molecule is Fc1cc(F)cc(CC(N=C(c2ccccc2)c2ccccc2)c2nc(Br)ccc2Br)c1. The van der Waals surface area contributed by atoms with Crippen molar-refractivity contribution in [1.82, 2.24) is 4.98 Å². The lowest BCUT2D eigenvalue weighted by atomic mass is 9.99. The lowest BCUT2D eigenvalue weighted by molar-refractivity contribution is 0.575. The van der Waals surface area contributed by atoms with Gasteiger partial charge in [0, 0.05) is 28.1 Å². The second-order valence-corrected chi connectivity index (χ2v) is 8.88. The standard InChI is InChI=1S/C26H18Br2F2N2/c27-22-11-12-24(28)32-26(22)23(15-17-13-20(29)16-21(30)14-17)31-25(18-7-3-1-4-8-18)19-9-5-2-6-10-19/h1-14,16,23H,15H2. The van der Waals surface area contributed by atoms with Gasteiger partial charge in [0.25, 0.3) is 0 Å². The first-order valence-corrected chi connectivity index (χ1v) is 11.5. The fraction of sp³-hybridized carbons (Fsp3) is 0.0769. The first-order chi connectivity index (χ1) is 15.5. The smallest absolute Gasteiger partial charge is 0.126 e. The van der Waals surface area contributed by atoms with Crippen molar-refractivity contribution < 1.29 is 8.78 Å². The van der Waals surface area contributed by atoms with E-state index in [0.29, 0.717) is 15.9 Å². The van der Waals surface area contributed by atoms with Crippen LogP contribution in [0.25, 0.3) is 0 Å². The van der Waals surface area contributed by atoms with Gasteiger partial charge in [-0.3, -0.25) is 4.99 Å².